The zero-order valence-electron chi connectivity index (χ0n) is 11.6. The quantitative estimate of drug-likeness (QED) is 0.850. The molecular formula is C15H18N2O3. The SMILES string of the molecule is COCC(=O)Nc1ccc(NC(C)c2ccoc2)cc1. The van der Waals surface area contributed by atoms with Crippen LogP contribution in [0.4, 0.5) is 11.4 Å². The molecule has 2 rings (SSSR count). The van der Waals surface area contributed by atoms with Crippen molar-refractivity contribution in [2.45, 2.75) is 13.0 Å². The summed E-state index contributed by atoms with van der Waals surface area (Å²) >= 11 is 0. The van der Waals surface area contributed by atoms with Gasteiger partial charge in [-0.25, -0.2) is 0 Å². The van der Waals surface area contributed by atoms with Crippen LogP contribution in [0.25, 0.3) is 0 Å². The zero-order valence-corrected chi connectivity index (χ0v) is 11.6. The molecule has 106 valence electrons. The summed E-state index contributed by atoms with van der Waals surface area (Å²) in [5.74, 6) is -0.167. The van der Waals surface area contributed by atoms with E-state index in [1.807, 2.05) is 30.3 Å². The van der Waals surface area contributed by atoms with Crippen LogP contribution < -0.4 is 10.6 Å². The lowest BCUT2D eigenvalue weighted by atomic mass is 10.1. The minimum atomic E-state index is -0.167. The summed E-state index contributed by atoms with van der Waals surface area (Å²) in [6, 6.07) is 9.60. The van der Waals surface area contributed by atoms with Crippen LogP contribution in [0.1, 0.15) is 18.5 Å². The van der Waals surface area contributed by atoms with E-state index in [2.05, 4.69) is 17.6 Å². The van der Waals surface area contributed by atoms with E-state index in [-0.39, 0.29) is 18.6 Å². The molecule has 0 aliphatic rings. The summed E-state index contributed by atoms with van der Waals surface area (Å²) in [6.07, 6.45) is 3.37. The van der Waals surface area contributed by atoms with E-state index in [1.54, 1.807) is 12.5 Å². The Balaban J connectivity index is 1.93. The predicted molar refractivity (Wildman–Crippen MR) is 77.7 cm³/mol. The molecule has 1 aromatic heterocycles. The van der Waals surface area contributed by atoms with E-state index in [9.17, 15) is 4.79 Å². The van der Waals surface area contributed by atoms with Gasteiger partial charge in [0.25, 0.3) is 0 Å². The first-order valence-electron chi connectivity index (χ1n) is 6.36. The lowest BCUT2D eigenvalue weighted by molar-refractivity contribution is -0.119. The van der Waals surface area contributed by atoms with Crippen molar-refractivity contribution in [3.63, 3.8) is 0 Å². The van der Waals surface area contributed by atoms with Crippen molar-refractivity contribution < 1.29 is 13.9 Å². The fraction of sp³-hybridized carbons (Fsp3) is 0.267. The third-order valence-corrected chi connectivity index (χ3v) is 2.87. The molecule has 2 aromatic rings. The van der Waals surface area contributed by atoms with Crippen LogP contribution in [0.2, 0.25) is 0 Å². The minimum absolute atomic E-state index is 0.0531. The summed E-state index contributed by atoms with van der Waals surface area (Å²) in [7, 11) is 1.49. The van der Waals surface area contributed by atoms with Crippen molar-refractivity contribution in [3.05, 3.63) is 48.4 Å². The maximum atomic E-state index is 11.4. The van der Waals surface area contributed by atoms with Gasteiger partial charge in [-0.3, -0.25) is 4.79 Å². The fourth-order valence-corrected chi connectivity index (χ4v) is 1.83. The molecule has 0 saturated heterocycles. The van der Waals surface area contributed by atoms with Gasteiger partial charge in [0.15, 0.2) is 0 Å². The molecule has 0 fully saturated rings. The molecule has 1 aromatic carbocycles. The van der Waals surface area contributed by atoms with Crippen LogP contribution in [0.3, 0.4) is 0 Å². The second-order valence-corrected chi connectivity index (χ2v) is 4.48. The van der Waals surface area contributed by atoms with Gasteiger partial charge >= 0.3 is 0 Å². The van der Waals surface area contributed by atoms with Gasteiger partial charge in [0.2, 0.25) is 5.91 Å². The average Bonchev–Trinajstić information content (AvgIpc) is 2.95. The van der Waals surface area contributed by atoms with E-state index in [1.165, 1.54) is 7.11 Å². The van der Waals surface area contributed by atoms with Crippen LogP contribution in [0.15, 0.2) is 47.3 Å². The van der Waals surface area contributed by atoms with Crippen LogP contribution >= 0.6 is 0 Å². The number of furan rings is 1. The number of benzene rings is 1. The number of anilines is 2. The first-order valence-corrected chi connectivity index (χ1v) is 6.36. The molecule has 1 amide bonds. The molecule has 0 aliphatic heterocycles. The maximum absolute atomic E-state index is 11.4. The summed E-state index contributed by atoms with van der Waals surface area (Å²) < 4.78 is 9.82. The van der Waals surface area contributed by atoms with E-state index < -0.39 is 0 Å². The van der Waals surface area contributed by atoms with Crippen molar-refractivity contribution in [2.75, 3.05) is 24.4 Å². The minimum Gasteiger partial charge on any atom is -0.472 e. The summed E-state index contributed by atoms with van der Waals surface area (Å²) in [6.45, 7) is 2.11. The van der Waals surface area contributed by atoms with Gasteiger partial charge in [-0.15, -0.1) is 0 Å². The molecule has 0 spiro atoms. The van der Waals surface area contributed by atoms with Crippen molar-refractivity contribution in [3.8, 4) is 0 Å². The zero-order chi connectivity index (χ0) is 14.4. The average molecular weight is 274 g/mol. The van der Waals surface area contributed by atoms with E-state index in [4.69, 9.17) is 9.15 Å². The van der Waals surface area contributed by atoms with Gasteiger partial charge in [-0.05, 0) is 37.3 Å². The Morgan fingerprint density at radius 2 is 1.95 bits per heavy atom. The van der Waals surface area contributed by atoms with Crippen LogP contribution in [0.5, 0.6) is 0 Å². The molecule has 1 unspecified atom stereocenters. The highest BCUT2D eigenvalue weighted by atomic mass is 16.5. The van der Waals surface area contributed by atoms with Crippen molar-refractivity contribution >= 4 is 17.3 Å². The number of nitrogens with one attached hydrogen (secondary N) is 2. The Morgan fingerprint density at radius 1 is 1.25 bits per heavy atom. The predicted octanol–water partition coefficient (Wildman–Crippen LogP) is 3.04. The molecule has 1 heterocycles. The Bertz CT molecular complexity index is 535. The fourth-order valence-electron chi connectivity index (χ4n) is 1.83. The van der Waals surface area contributed by atoms with Gasteiger partial charge in [-0.2, -0.15) is 0 Å². The molecule has 2 N–H and O–H groups in total. The lowest BCUT2D eigenvalue weighted by Crippen LogP contribution is -2.17. The monoisotopic (exact) mass is 274 g/mol. The standard InChI is InChI=1S/C15H18N2O3/c1-11(12-7-8-20-9-12)16-13-3-5-14(6-4-13)17-15(18)10-19-2/h3-9,11,16H,10H2,1-2H3,(H,17,18). The Labute approximate surface area is 117 Å². The van der Waals surface area contributed by atoms with Gasteiger partial charge < -0.3 is 19.8 Å². The van der Waals surface area contributed by atoms with Crippen LogP contribution in [-0.2, 0) is 9.53 Å². The molecule has 5 heteroatoms. The number of carbonyl (C=O) groups is 1. The van der Waals surface area contributed by atoms with Crippen molar-refractivity contribution in [1.29, 1.82) is 0 Å². The second kappa shape index (κ2) is 6.77. The van der Waals surface area contributed by atoms with Gasteiger partial charge in [0, 0.05) is 24.0 Å². The van der Waals surface area contributed by atoms with Crippen molar-refractivity contribution in [2.24, 2.45) is 0 Å². The first-order chi connectivity index (χ1) is 9.69. The van der Waals surface area contributed by atoms with Gasteiger partial charge in [0.1, 0.15) is 6.61 Å². The molecule has 1 atom stereocenters. The number of rotatable bonds is 6. The van der Waals surface area contributed by atoms with Crippen molar-refractivity contribution in [1.82, 2.24) is 0 Å². The maximum Gasteiger partial charge on any atom is 0.250 e. The number of ether oxygens (including phenoxy) is 1. The van der Waals surface area contributed by atoms with E-state index >= 15 is 0 Å². The second-order valence-electron chi connectivity index (χ2n) is 4.48. The Morgan fingerprint density at radius 3 is 2.55 bits per heavy atom. The highest BCUT2D eigenvalue weighted by Crippen LogP contribution is 2.20. The molecular weight excluding hydrogens is 256 g/mol. The summed E-state index contributed by atoms with van der Waals surface area (Å²) in [5, 5.41) is 6.10. The van der Waals surface area contributed by atoms with Gasteiger partial charge in [-0.1, -0.05) is 0 Å². The smallest absolute Gasteiger partial charge is 0.250 e. The molecule has 0 aliphatic carbocycles. The number of amides is 1. The number of carbonyl (C=O) groups excluding carboxylic acids is 1. The molecule has 0 radical (unpaired) electrons. The largest absolute Gasteiger partial charge is 0.472 e. The summed E-state index contributed by atoms with van der Waals surface area (Å²) in [5.41, 5.74) is 2.81. The Hall–Kier alpha value is -2.27. The molecule has 0 bridgehead atoms. The number of hydrogen-bond acceptors (Lipinski definition) is 4. The van der Waals surface area contributed by atoms with E-state index in [0.717, 1.165) is 16.9 Å². The molecule has 20 heavy (non-hydrogen) atoms. The Kier molecular flexibility index (Phi) is 4.79. The normalized spacial score (nSPS) is 11.9. The van der Waals surface area contributed by atoms with E-state index in [0.29, 0.717) is 0 Å². The van der Waals surface area contributed by atoms with Gasteiger partial charge in [0.05, 0.1) is 18.6 Å². The van der Waals surface area contributed by atoms with Crippen LogP contribution in [0, 0.1) is 0 Å². The third-order valence-electron chi connectivity index (χ3n) is 2.87. The highest BCUT2D eigenvalue weighted by Gasteiger charge is 2.06. The molecule has 0 saturated carbocycles. The molecule has 5 nitrogen and oxygen atoms in total. The van der Waals surface area contributed by atoms with Crippen LogP contribution in [-0.4, -0.2) is 19.6 Å². The first kappa shape index (κ1) is 14.1. The topological polar surface area (TPSA) is 63.5 Å². The highest BCUT2D eigenvalue weighted by molar-refractivity contribution is 5.91. The lowest BCUT2D eigenvalue weighted by Gasteiger charge is -2.14. The number of hydrogen-bond donors (Lipinski definition) is 2. The third kappa shape index (κ3) is 3.86. The summed E-state index contributed by atoms with van der Waals surface area (Å²) in [4.78, 5) is 11.4. The number of methoxy groups -OCH3 is 1.